The van der Waals surface area contributed by atoms with Crippen LogP contribution < -0.4 is 0 Å². The minimum atomic E-state index is -0.710. The molecule has 0 aromatic heterocycles. The highest BCUT2D eigenvalue weighted by Gasteiger charge is 2.41. The summed E-state index contributed by atoms with van der Waals surface area (Å²) in [5.74, 6) is 0.336. The Balaban J connectivity index is 2.15. The largest absolute Gasteiger partial charge is 0.390 e. The topological polar surface area (TPSA) is 29.5 Å². The molecule has 0 spiro atoms. The Morgan fingerprint density at radius 3 is 2.71 bits per heavy atom. The number of hydrogen-bond acceptors (Lipinski definition) is 2. The molecule has 0 bridgehead atoms. The van der Waals surface area contributed by atoms with Crippen LogP contribution in [0.5, 0.6) is 0 Å². The fourth-order valence-electron chi connectivity index (χ4n) is 3.21. The number of aliphatic hydroxyl groups is 1. The summed E-state index contributed by atoms with van der Waals surface area (Å²) in [5, 5.41) is 11.2. The molecule has 1 fully saturated rings. The van der Waals surface area contributed by atoms with Gasteiger partial charge in [0.2, 0.25) is 0 Å². The molecular formula is C17H24ClFO2. The molecule has 1 aliphatic rings. The van der Waals surface area contributed by atoms with Gasteiger partial charge in [-0.25, -0.2) is 4.39 Å². The lowest BCUT2D eigenvalue weighted by Gasteiger charge is -2.42. The number of rotatable bonds is 5. The Bertz CT molecular complexity index is 470. The first-order valence-corrected chi connectivity index (χ1v) is 8.10. The van der Waals surface area contributed by atoms with E-state index in [1.165, 1.54) is 12.1 Å². The van der Waals surface area contributed by atoms with Crippen molar-refractivity contribution in [1.29, 1.82) is 0 Å². The van der Waals surface area contributed by atoms with Crippen molar-refractivity contribution in [1.82, 2.24) is 0 Å². The van der Waals surface area contributed by atoms with E-state index < -0.39 is 11.7 Å². The number of benzene rings is 1. The second-order valence-electron chi connectivity index (χ2n) is 6.14. The average molecular weight is 315 g/mol. The third-order valence-corrected chi connectivity index (χ3v) is 4.82. The van der Waals surface area contributed by atoms with Crippen molar-refractivity contribution in [2.24, 2.45) is 5.92 Å². The minimum absolute atomic E-state index is 0.237. The van der Waals surface area contributed by atoms with E-state index in [0.717, 1.165) is 25.7 Å². The maximum absolute atomic E-state index is 13.9. The smallest absolute Gasteiger partial charge is 0.126 e. The van der Waals surface area contributed by atoms with Crippen LogP contribution in [0.2, 0.25) is 5.02 Å². The highest BCUT2D eigenvalue weighted by Crippen LogP contribution is 2.38. The zero-order valence-corrected chi connectivity index (χ0v) is 13.5. The molecule has 0 saturated heterocycles. The van der Waals surface area contributed by atoms with Gasteiger partial charge in [-0.05, 0) is 62.3 Å². The molecule has 0 radical (unpaired) electrons. The molecule has 1 aromatic rings. The molecule has 1 aromatic carbocycles. The molecular weight excluding hydrogens is 291 g/mol. The molecule has 1 N–H and O–H groups in total. The van der Waals surface area contributed by atoms with E-state index in [4.69, 9.17) is 16.3 Å². The van der Waals surface area contributed by atoms with Crippen molar-refractivity contribution in [2.75, 3.05) is 6.61 Å². The highest BCUT2D eigenvalue weighted by molar-refractivity contribution is 6.30. The minimum Gasteiger partial charge on any atom is -0.390 e. The second kappa shape index (κ2) is 7.08. The molecule has 1 saturated carbocycles. The van der Waals surface area contributed by atoms with E-state index in [9.17, 15) is 9.50 Å². The van der Waals surface area contributed by atoms with Gasteiger partial charge in [0.25, 0.3) is 0 Å². The van der Waals surface area contributed by atoms with Crippen LogP contribution in [0.4, 0.5) is 4.39 Å². The van der Waals surface area contributed by atoms with E-state index in [0.29, 0.717) is 23.1 Å². The van der Waals surface area contributed by atoms with Crippen molar-refractivity contribution in [2.45, 2.75) is 57.7 Å². The molecule has 0 aliphatic heterocycles. The molecule has 21 heavy (non-hydrogen) atoms. The lowest BCUT2D eigenvalue weighted by Crippen LogP contribution is -2.48. The number of ether oxygens (including phenoxy) is 1. The fraction of sp³-hybridized carbons (Fsp3) is 0.647. The highest BCUT2D eigenvalue weighted by atomic mass is 35.5. The summed E-state index contributed by atoms with van der Waals surface area (Å²) in [6, 6.07) is 4.46. The maximum Gasteiger partial charge on any atom is 0.126 e. The SMILES string of the molecule is CCOC1(C(O)Cc2cc(Cl)ccc2F)CCC(C)CC1. The quantitative estimate of drug-likeness (QED) is 0.874. The number of hydrogen-bond donors (Lipinski definition) is 1. The molecule has 0 amide bonds. The Labute approximate surface area is 131 Å². The van der Waals surface area contributed by atoms with Crippen molar-refractivity contribution in [3.8, 4) is 0 Å². The van der Waals surface area contributed by atoms with Gasteiger partial charge < -0.3 is 9.84 Å². The number of aliphatic hydroxyl groups excluding tert-OH is 1. The monoisotopic (exact) mass is 314 g/mol. The van der Waals surface area contributed by atoms with E-state index in [2.05, 4.69) is 6.92 Å². The van der Waals surface area contributed by atoms with Crippen molar-refractivity contribution in [3.63, 3.8) is 0 Å². The standard InChI is InChI=1S/C17H24ClFO2/c1-3-21-17(8-6-12(2)7-9-17)16(20)11-13-10-14(18)4-5-15(13)19/h4-5,10,12,16,20H,3,6-9,11H2,1-2H3. The summed E-state index contributed by atoms with van der Waals surface area (Å²) in [5.41, 5.74) is -0.0940. The predicted molar refractivity (Wildman–Crippen MR) is 83.1 cm³/mol. The van der Waals surface area contributed by atoms with Crippen LogP contribution in [0.25, 0.3) is 0 Å². The predicted octanol–water partition coefficient (Wildman–Crippen LogP) is 4.37. The van der Waals surface area contributed by atoms with Crippen LogP contribution in [-0.2, 0) is 11.2 Å². The van der Waals surface area contributed by atoms with Gasteiger partial charge in [0.05, 0.1) is 11.7 Å². The van der Waals surface area contributed by atoms with E-state index in [1.807, 2.05) is 6.92 Å². The van der Waals surface area contributed by atoms with E-state index >= 15 is 0 Å². The van der Waals surface area contributed by atoms with Gasteiger partial charge in [-0.15, -0.1) is 0 Å². The molecule has 1 aliphatic carbocycles. The molecule has 2 rings (SSSR count). The lowest BCUT2D eigenvalue weighted by atomic mass is 9.75. The lowest BCUT2D eigenvalue weighted by molar-refractivity contribution is -0.143. The Morgan fingerprint density at radius 1 is 1.43 bits per heavy atom. The summed E-state index contributed by atoms with van der Waals surface area (Å²) in [7, 11) is 0. The third-order valence-electron chi connectivity index (χ3n) is 4.58. The molecule has 0 heterocycles. The molecule has 4 heteroatoms. The van der Waals surface area contributed by atoms with Gasteiger partial charge in [0.1, 0.15) is 5.82 Å². The van der Waals surface area contributed by atoms with Gasteiger partial charge >= 0.3 is 0 Å². The van der Waals surface area contributed by atoms with Crippen LogP contribution in [0.3, 0.4) is 0 Å². The van der Waals surface area contributed by atoms with Crippen molar-refractivity contribution >= 4 is 11.6 Å². The van der Waals surface area contributed by atoms with Gasteiger partial charge in [-0.2, -0.15) is 0 Å². The Hall–Kier alpha value is -0.640. The summed E-state index contributed by atoms with van der Waals surface area (Å²) in [6.45, 7) is 4.72. The Kier molecular flexibility index (Phi) is 5.64. The molecule has 118 valence electrons. The van der Waals surface area contributed by atoms with E-state index in [-0.39, 0.29) is 12.2 Å². The first-order chi connectivity index (χ1) is 9.97. The van der Waals surface area contributed by atoms with Crippen LogP contribution >= 0.6 is 11.6 Å². The van der Waals surface area contributed by atoms with Gasteiger partial charge in [0.15, 0.2) is 0 Å². The normalized spacial score (nSPS) is 27.6. The first-order valence-electron chi connectivity index (χ1n) is 7.73. The second-order valence-corrected chi connectivity index (χ2v) is 6.57. The molecule has 2 nitrogen and oxygen atoms in total. The fourth-order valence-corrected chi connectivity index (χ4v) is 3.40. The summed E-state index contributed by atoms with van der Waals surface area (Å²) in [4.78, 5) is 0. The molecule has 1 atom stereocenters. The van der Waals surface area contributed by atoms with Crippen LogP contribution in [0.1, 0.15) is 45.1 Å². The van der Waals surface area contributed by atoms with Gasteiger partial charge in [-0.3, -0.25) is 0 Å². The first kappa shape index (κ1) is 16.7. The van der Waals surface area contributed by atoms with Crippen LogP contribution in [0, 0.1) is 11.7 Å². The van der Waals surface area contributed by atoms with E-state index in [1.54, 1.807) is 6.07 Å². The summed E-state index contributed by atoms with van der Waals surface area (Å²) in [6.07, 6.45) is 3.25. The van der Waals surface area contributed by atoms with Crippen LogP contribution in [0.15, 0.2) is 18.2 Å². The Morgan fingerprint density at radius 2 is 2.10 bits per heavy atom. The van der Waals surface area contributed by atoms with Crippen molar-refractivity contribution < 1.29 is 14.2 Å². The zero-order chi connectivity index (χ0) is 15.5. The maximum atomic E-state index is 13.9. The summed E-state index contributed by atoms with van der Waals surface area (Å²) >= 11 is 5.92. The summed E-state index contributed by atoms with van der Waals surface area (Å²) < 4.78 is 19.8. The number of halogens is 2. The zero-order valence-electron chi connectivity index (χ0n) is 12.7. The van der Waals surface area contributed by atoms with Gasteiger partial charge in [0, 0.05) is 18.1 Å². The molecule has 1 unspecified atom stereocenters. The average Bonchev–Trinajstić information content (AvgIpc) is 2.46. The van der Waals surface area contributed by atoms with Crippen molar-refractivity contribution in [3.05, 3.63) is 34.6 Å². The van der Waals surface area contributed by atoms with Crippen LogP contribution in [-0.4, -0.2) is 23.4 Å². The third kappa shape index (κ3) is 3.97. The van der Waals surface area contributed by atoms with Gasteiger partial charge in [-0.1, -0.05) is 18.5 Å².